The zero-order chi connectivity index (χ0) is 9.84. The molecular weight excluding hydrogens is 181 g/mol. The first-order chi connectivity index (χ1) is 6.15. The number of alkyl halides is 2. The highest BCUT2D eigenvalue weighted by atomic mass is 19.3. The van der Waals surface area contributed by atoms with Crippen molar-refractivity contribution in [3.8, 4) is 5.75 Å². The third-order valence-electron chi connectivity index (χ3n) is 1.53. The second-order valence-electron chi connectivity index (χ2n) is 2.42. The molecule has 0 unspecified atom stereocenters. The van der Waals surface area contributed by atoms with Crippen molar-refractivity contribution in [2.75, 3.05) is 0 Å². The fraction of sp³-hybridized carbons (Fsp3) is 0.111. The number of hydrogen-bond donors (Lipinski definition) is 1. The van der Waals surface area contributed by atoms with E-state index in [4.69, 9.17) is 5.11 Å². The third kappa shape index (κ3) is 2.24. The zero-order valence-corrected chi connectivity index (χ0v) is 6.55. The minimum atomic E-state index is -2.88. The van der Waals surface area contributed by atoms with Crippen molar-refractivity contribution in [3.05, 3.63) is 36.2 Å². The first-order valence-electron chi connectivity index (χ1n) is 3.53. The van der Waals surface area contributed by atoms with Gasteiger partial charge in [0.15, 0.2) is 0 Å². The minimum absolute atomic E-state index is 0.0162. The van der Waals surface area contributed by atoms with Gasteiger partial charge >= 0.3 is 0 Å². The van der Waals surface area contributed by atoms with E-state index >= 15 is 0 Å². The molecule has 0 aliphatic rings. The normalized spacial score (nSPS) is 12.2. The zero-order valence-electron chi connectivity index (χ0n) is 6.55. The Labute approximate surface area is 73.1 Å². The van der Waals surface area contributed by atoms with Crippen molar-refractivity contribution in [2.45, 2.75) is 6.43 Å². The summed E-state index contributed by atoms with van der Waals surface area (Å²) in [6.07, 6.45) is -3.04. The molecule has 0 saturated heterocycles. The summed E-state index contributed by atoms with van der Waals surface area (Å²) in [5.41, 5.74) is -0.742. The Bertz CT molecular complexity index is 320. The van der Waals surface area contributed by atoms with Crippen LogP contribution in [0.25, 0.3) is 5.57 Å². The smallest absolute Gasteiger partial charge is 0.266 e. The van der Waals surface area contributed by atoms with Crippen molar-refractivity contribution in [1.29, 1.82) is 0 Å². The van der Waals surface area contributed by atoms with E-state index in [9.17, 15) is 13.2 Å². The molecule has 0 amide bonds. The fourth-order valence-electron chi connectivity index (χ4n) is 0.922. The largest absolute Gasteiger partial charge is 0.508 e. The van der Waals surface area contributed by atoms with Gasteiger partial charge in [-0.1, -0.05) is 12.1 Å². The summed E-state index contributed by atoms with van der Waals surface area (Å²) in [5.74, 6) is -0.169. The van der Waals surface area contributed by atoms with Crippen molar-refractivity contribution >= 4 is 5.57 Å². The van der Waals surface area contributed by atoms with E-state index in [1.807, 2.05) is 0 Å². The number of hydrogen-bond acceptors (Lipinski definition) is 1. The fourth-order valence-corrected chi connectivity index (χ4v) is 0.922. The molecule has 0 aliphatic carbocycles. The van der Waals surface area contributed by atoms with Gasteiger partial charge in [-0.05, 0) is 17.7 Å². The number of aromatic hydroxyl groups is 1. The van der Waals surface area contributed by atoms with Crippen LogP contribution < -0.4 is 0 Å². The molecule has 70 valence electrons. The molecule has 4 heteroatoms. The van der Waals surface area contributed by atoms with Crippen LogP contribution in [0.5, 0.6) is 5.75 Å². The summed E-state index contributed by atoms with van der Waals surface area (Å²) >= 11 is 0. The Hall–Kier alpha value is -1.45. The van der Waals surface area contributed by atoms with Crippen LogP contribution in [0, 0.1) is 0 Å². The van der Waals surface area contributed by atoms with E-state index < -0.39 is 12.0 Å². The maximum atomic E-state index is 12.1. The lowest BCUT2D eigenvalue weighted by atomic mass is 10.1. The van der Waals surface area contributed by atoms with Gasteiger partial charge in [0.05, 0.1) is 11.9 Å². The summed E-state index contributed by atoms with van der Waals surface area (Å²) < 4.78 is 36.3. The molecule has 1 rings (SSSR count). The van der Waals surface area contributed by atoms with E-state index in [1.165, 1.54) is 18.2 Å². The summed E-state index contributed by atoms with van der Waals surface area (Å²) in [7, 11) is 0. The lowest BCUT2D eigenvalue weighted by molar-refractivity contribution is 0.214. The second kappa shape index (κ2) is 3.98. The molecule has 0 aliphatic heterocycles. The first kappa shape index (κ1) is 9.64. The second-order valence-corrected chi connectivity index (χ2v) is 2.42. The van der Waals surface area contributed by atoms with E-state index in [-0.39, 0.29) is 17.6 Å². The molecule has 1 aromatic carbocycles. The Morgan fingerprint density at radius 3 is 2.54 bits per heavy atom. The Balaban J connectivity index is 3.06. The van der Waals surface area contributed by atoms with E-state index in [0.29, 0.717) is 0 Å². The topological polar surface area (TPSA) is 20.2 Å². The summed E-state index contributed by atoms with van der Waals surface area (Å²) in [5, 5.41) is 8.94. The van der Waals surface area contributed by atoms with Gasteiger partial charge in [0.2, 0.25) is 0 Å². The Kier molecular flexibility index (Phi) is 2.95. The number of phenolic OH excluding ortho intramolecular Hbond substituents is 1. The quantitative estimate of drug-likeness (QED) is 0.756. The SMILES string of the molecule is Oc1cccc(C(=CF)C(F)F)c1. The molecule has 0 aromatic heterocycles. The van der Waals surface area contributed by atoms with Crippen LogP contribution in [-0.2, 0) is 0 Å². The molecule has 0 bridgehead atoms. The van der Waals surface area contributed by atoms with Gasteiger partial charge in [-0.25, -0.2) is 13.2 Å². The Morgan fingerprint density at radius 2 is 2.08 bits per heavy atom. The average Bonchev–Trinajstić information content (AvgIpc) is 2.04. The summed E-state index contributed by atoms with van der Waals surface area (Å²) in [6, 6.07) is 5.08. The number of rotatable bonds is 2. The lowest BCUT2D eigenvalue weighted by Gasteiger charge is -2.04. The summed E-state index contributed by atoms with van der Waals surface area (Å²) in [6.45, 7) is 0. The van der Waals surface area contributed by atoms with Crippen LogP contribution in [0.4, 0.5) is 13.2 Å². The number of allylic oxidation sites excluding steroid dienone is 1. The highest BCUT2D eigenvalue weighted by Gasteiger charge is 2.13. The van der Waals surface area contributed by atoms with Crippen LogP contribution in [0.3, 0.4) is 0 Å². The summed E-state index contributed by atoms with van der Waals surface area (Å²) in [4.78, 5) is 0. The van der Waals surface area contributed by atoms with Crippen molar-refractivity contribution < 1.29 is 18.3 Å². The molecule has 1 N–H and O–H groups in total. The number of benzene rings is 1. The molecular formula is C9H7F3O. The van der Waals surface area contributed by atoms with Crippen molar-refractivity contribution in [3.63, 3.8) is 0 Å². The Morgan fingerprint density at radius 1 is 1.38 bits per heavy atom. The maximum Gasteiger partial charge on any atom is 0.266 e. The van der Waals surface area contributed by atoms with Crippen LogP contribution in [0.2, 0.25) is 0 Å². The van der Waals surface area contributed by atoms with E-state index in [2.05, 4.69) is 0 Å². The van der Waals surface area contributed by atoms with Gasteiger partial charge in [0.25, 0.3) is 6.43 Å². The average molecular weight is 188 g/mol. The molecule has 0 saturated carbocycles. The van der Waals surface area contributed by atoms with Gasteiger partial charge in [-0.2, -0.15) is 0 Å². The predicted octanol–water partition coefficient (Wildman–Crippen LogP) is 2.97. The lowest BCUT2D eigenvalue weighted by Crippen LogP contribution is -1.95. The highest BCUT2D eigenvalue weighted by Crippen LogP contribution is 2.24. The third-order valence-corrected chi connectivity index (χ3v) is 1.53. The van der Waals surface area contributed by atoms with Crippen LogP contribution in [0.1, 0.15) is 5.56 Å². The molecule has 1 nitrogen and oxygen atoms in total. The monoisotopic (exact) mass is 188 g/mol. The minimum Gasteiger partial charge on any atom is -0.508 e. The van der Waals surface area contributed by atoms with Gasteiger partial charge in [-0.15, -0.1) is 0 Å². The first-order valence-corrected chi connectivity index (χ1v) is 3.53. The van der Waals surface area contributed by atoms with Gasteiger partial charge in [0.1, 0.15) is 5.75 Å². The van der Waals surface area contributed by atoms with Crippen molar-refractivity contribution in [2.24, 2.45) is 0 Å². The highest BCUT2D eigenvalue weighted by molar-refractivity contribution is 5.67. The molecule has 0 heterocycles. The van der Waals surface area contributed by atoms with Gasteiger partial charge in [0, 0.05) is 0 Å². The number of halogens is 3. The van der Waals surface area contributed by atoms with Gasteiger partial charge < -0.3 is 5.11 Å². The maximum absolute atomic E-state index is 12.1. The molecule has 13 heavy (non-hydrogen) atoms. The van der Waals surface area contributed by atoms with Crippen LogP contribution in [0.15, 0.2) is 30.6 Å². The van der Waals surface area contributed by atoms with E-state index in [1.54, 1.807) is 0 Å². The predicted molar refractivity (Wildman–Crippen MR) is 43.2 cm³/mol. The molecule has 0 spiro atoms. The van der Waals surface area contributed by atoms with Crippen LogP contribution >= 0.6 is 0 Å². The van der Waals surface area contributed by atoms with Gasteiger partial charge in [-0.3, -0.25) is 0 Å². The molecule has 0 atom stereocenters. The standard InChI is InChI=1S/C9H7F3O/c10-5-8(9(11)12)6-2-1-3-7(13)4-6/h1-5,9,13H. The number of phenols is 1. The molecule has 0 fully saturated rings. The van der Waals surface area contributed by atoms with Crippen LogP contribution in [-0.4, -0.2) is 11.5 Å². The van der Waals surface area contributed by atoms with E-state index in [0.717, 1.165) is 6.07 Å². The van der Waals surface area contributed by atoms with Crippen molar-refractivity contribution in [1.82, 2.24) is 0 Å². The molecule has 0 radical (unpaired) electrons. The molecule has 1 aromatic rings.